The molecular formula is C8H9NO4. The Morgan fingerprint density at radius 3 is 3.08 bits per heavy atom. The van der Waals surface area contributed by atoms with Gasteiger partial charge >= 0.3 is 5.97 Å². The van der Waals surface area contributed by atoms with Crippen molar-refractivity contribution in [1.82, 2.24) is 4.98 Å². The molecular weight excluding hydrogens is 174 g/mol. The molecule has 2 heterocycles. The molecule has 2 rings (SSSR count). The molecule has 1 atom stereocenters. The second-order valence-corrected chi connectivity index (χ2v) is 2.93. The van der Waals surface area contributed by atoms with Gasteiger partial charge < -0.3 is 14.3 Å². The fraction of sp³-hybridized carbons (Fsp3) is 0.500. The van der Waals surface area contributed by atoms with Crippen LogP contribution >= 0.6 is 0 Å². The standard InChI is InChI=1S/C8H9NO4/c10-8(11)6-3-9-7(13-6)5-1-2-12-4-5/h3,5H,1-2,4H2,(H,10,11). The van der Waals surface area contributed by atoms with Gasteiger partial charge in [-0.1, -0.05) is 0 Å². The predicted octanol–water partition coefficient (Wildman–Crippen LogP) is 0.877. The van der Waals surface area contributed by atoms with Crippen LogP contribution in [0.5, 0.6) is 0 Å². The highest BCUT2D eigenvalue weighted by Gasteiger charge is 2.23. The van der Waals surface area contributed by atoms with E-state index in [0.29, 0.717) is 19.1 Å². The maximum absolute atomic E-state index is 10.5. The average Bonchev–Trinajstić information content (AvgIpc) is 2.75. The molecule has 5 heteroatoms. The molecule has 1 N–H and O–H groups in total. The number of hydrogen-bond acceptors (Lipinski definition) is 4. The van der Waals surface area contributed by atoms with Gasteiger partial charge in [0.2, 0.25) is 11.7 Å². The van der Waals surface area contributed by atoms with Gasteiger partial charge in [0.1, 0.15) is 0 Å². The van der Waals surface area contributed by atoms with Gasteiger partial charge in [-0.05, 0) is 6.42 Å². The number of rotatable bonds is 2. The van der Waals surface area contributed by atoms with E-state index < -0.39 is 5.97 Å². The summed E-state index contributed by atoms with van der Waals surface area (Å²) in [5.74, 6) is -0.609. The highest BCUT2D eigenvalue weighted by Crippen LogP contribution is 2.24. The molecule has 1 fully saturated rings. The Morgan fingerprint density at radius 1 is 1.69 bits per heavy atom. The summed E-state index contributed by atoms with van der Waals surface area (Å²) in [4.78, 5) is 14.4. The lowest BCUT2D eigenvalue weighted by atomic mass is 10.1. The van der Waals surface area contributed by atoms with Crippen molar-refractivity contribution in [3.05, 3.63) is 17.8 Å². The number of aromatic nitrogens is 1. The summed E-state index contributed by atoms with van der Waals surface area (Å²) in [5, 5.41) is 8.58. The molecule has 0 saturated carbocycles. The first kappa shape index (κ1) is 8.25. The van der Waals surface area contributed by atoms with Gasteiger partial charge in [0.25, 0.3) is 0 Å². The summed E-state index contributed by atoms with van der Waals surface area (Å²) in [6.07, 6.45) is 2.08. The Bertz CT molecular complexity index is 314. The van der Waals surface area contributed by atoms with Crippen LogP contribution in [0.2, 0.25) is 0 Å². The normalized spacial score (nSPS) is 22.0. The SMILES string of the molecule is O=C(O)c1cnc(C2CCOC2)o1. The summed E-state index contributed by atoms with van der Waals surface area (Å²) in [6, 6.07) is 0. The van der Waals surface area contributed by atoms with Crippen molar-refractivity contribution in [2.24, 2.45) is 0 Å². The van der Waals surface area contributed by atoms with E-state index in [9.17, 15) is 4.79 Å². The van der Waals surface area contributed by atoms with Crippen LogP contribution in [-0.2, 0) is 4.74 Å². The van der Waals surface area contributed by atoms with E-state index >= 15 is 0 Å². The summed E-state index contributed by atoms with van der Waals surface area (Å²) in [6.45, 7) is 1.26. The van der Waals surface area contributed by atoms with E-state index in [1.54, 1.807) is 0 Å². The van der Waals surface area contributed by atoms with Crippen LogP contribution in [0.1, 0.15) is 28.8 Å². The van der Waals surface area contributed by atoms with E-state index in [2.05, 4.69) is 4.98 Å². The van der Waals surface area contributed by atoms with Crippen LogP contribution in [0.15, 0.2) is 10.6 Å². The van der Waals surface area contributed by atoms with Gasteiger partial charge in [0.15, 0.2) is 0 Å². The van der Waals surface area contributed by atoms with Crippen molar-refractivity contribution >= 4 is 5.97 Å². The number of hydrogen-bond donors (Lipinski definition) is 1. The topological polar surface area (TPSA) is 72.6 Å². The van der Waals surface area contributed by atoms with Crippen molar-refractivity contribution < 1.29 is 19.1 Å². The minimum absolute atomic E-state index is 0.109. The molecule has 13 heavy (non-hydrogen) atoms. The van der Waals surface area contributed by atoms with E-state index in [4.69, 9.17) is 14.3 Å². The molecule has 0 spiro atoms. The minimum Gasteiger partial charge on any atom is -0.475 e. The molecule has 0 aromatic carbocycles. The lowest BCUT2D eigenvalue weighted by Crippen LogP contribution is -1.97. The third-order valence-electron chi connectivity index (χ3n) is 2.01. The molecule has 1 aromatic rings. The van der Waals surface area contributed by atoms with E-state index in [1.165, 1.54) is 6.20 Å². The highest BCUT2D eigenvalue weighted by molar-refractivity contribution is 5.83. The molecule has 0 bridgehead atoms. The summed E-state index contributed by atoms with van der Waals surface area (Å²) < 4.78 is 10.2. The Balaban J connectivity index is 2.16. The zero-order valence-electron chi connectivity index (χ0n) is 6.90. The fourth-order valence-corrected chi connectivity index (χ4v) is 1.30. The van der Waals surface area contributed by atoms with Crippen molar-refractivity contribution in [1.29, 1.82) is 0 Å². The minimum atomic E-state index is -1.09. The van der Waals surface area contributed by atoms with Gasteiger partial charge in [0.05, 0.1) is 18.7 Å². The van der Waals surface area contributed by atoms with Gasteiger partial charge in [-0.15, -0.1) is 0 Å². The summed E-state index contributed by atoms with van der Waals surface area (Å²) in [7, 11) is 0. The molecule has 0 radical (unpaired) electrons. The molecule has 70 valence electrons. The third-order valence-corrected chi connectivity index (χ3v) is 2.01. The van der Waals surface area contributed by atoms with Crippen molar-refractivity contribution in [2.75, 3.05) is 13.2 Å². The average molecular weight is 183 g/mol. The van der Waals surface area contributed by atoms with E-state index in [0.717, 1.165) is 6.42 Å². The largest absolute Gasteiger partial charge is 0.475 e. The van der Waals surface area contributed by atoms with Gasteiger partial charge in [-0.2, -0.15) is 0 Å². The van der Waals surface area contributed by atoms with Crippen molar-refractivity contribution in [2.45, 2.75) is 12.3 Å². The number of carbonyl (C=O) groups is 1. The number of aromatic carboxylic acids is 1. The number of ether oxygens (including phenoxy) is 1. The molecule has 5 nitrogen and oxygen atoms in total. The molecule has 1 unspecified atom stereocenters. The van der Waals surface area contributed by atoms with Gasteiger partial charge in [0, 0.05) is 6.61 Å². The smallest absolute Gasteiger partial charge is 0.373 e. The molecule has 1 aliphatic heterocycles. The monoisotopic (exact) mass is 183 g/mol. The van der Waals surface area contributed by atoms with Crippen LogP contribution < -0.4 is 0 Å². The first-order valence-electron chi connectivity index (χ1n) is 4.04. The second kappa shape index (κ2) is 3.18. The Hall–Kier alpha value is -1.36. The first-order chi connectivity index (χ1) is 6.27. The van der Waals surface area contributed by atoms with Gasteiger partial charge in [-0.25, -0.2) is 9.78 Å². The zero-order chi connectivity index (χ0) is 9.26. The maximum Gasteiger partial charge on any atom is 0.373 e. The third kappa shape index (κ3) is 1.55. The molecule has 1 aliphatic rings. The summed E-state index contributed by atoms with van der Waals surface area (Å²) >= 11 is 0. The number of nitrogens with zero attached hydrogens (tertiary/aromatic N) is 1. The number of carboxylic acid groups (broad SMARTS) is 1. The van der Waals surface area contributed by atoms with Crippen LogP contribution in [0.3, 0.4) is 0 Å². The second-order valence-electron chi connectivity index (χ2n) is 2.93. The highest BCUT2D eigenvalue weighted by atomic mass is 16.5. The lowest BCUT2D eigenvalue weighted by molar-refractivity contribution is 0.0659. The van der Waals surface area contributed by atoms with E-state index in [-0.39, 0.29) is 11.7 Å². The van der Waals surface area contributed by atoms with Gasteiger partial charge in [-0.3, -0.25) is 0 Å². The summed E-state index contributed by atoms with van der Waals surface area (Å²) in [5.41, 5.74) is 0. The zero-order valence-corrected chi connectivity index (χ0v) is 6.90. The van der Waals surface area contributed by atoms with Crippen molar-refractivity contribution in [3.8, 4) is 0 Å². The maximum atomic E-state index is 10.5. The van der Waals surface area contributed by atoms with Crippen LogP contribution in [0, 0.1) is 0 Å². The van der Waals surface area contributed by atoms with Crippen molar-refractivity contribution in [3.63, 3.8) is 0 Å². The van der Waals surface area contributed by atoms with Crippen LogP contribution in [0.25, 0.3) is 0 Å². The predicted molar refractivity (Wildman–Crippen MR) is 41.6 cm³/mol. The van der Waals surface area contributed by atoms with Crippen LogP contribution in [-0.4, -0.2) is 29.3 Å². The molecule has 1 saturated heterocycles. The molecule has 0 aliphatic carbocycles. The number of oxazole rings is 1. The van der Waals surface area contributed by atoms with E-state index in [1.807, 2.05) is 0 Å². The Morgan fingerprint density at radius 2 is 2.54 bits per heavy atom. The number of carboxylic acids is 1. The molecule has 0 amide bonds. The molecule has 1 aromatic heterocycles. The Labute approximate surface area is 74.3 Å². The Kier molecular flexibility index (Phi) is 2.02. The quantitative estimate of drug-likeness (QED) is 0.736. The first-order valence-corrected chi connectivity index (χ1v) is 4.04. The lowest BCUT2D eigenvalue weighted by Gasteiger charge is -1.99. The van der Waals surface area contributed by atoms with Crippen LogP contribution in [0.4, 0.5) is 0 Å². The fourth-order valence-electron chi connectivity index (χ4n) is 1.30.